The lowest BCUT2D eigenvalue weighted by atomic mass is 9.79. The average molecular weight is 214 g/mol. The fraction of sp³-hybridized carbons (Fsp3) is 0.250. The number of rotatable bonds is 3. The molecule has 0 amide bonds. The number of nitriles is 2. The van der Waals surface area contributed by atoms with Crippen LogP contribution in [0.5, 0.6) is 0 Å². The SMILES string of the molecule is CC(CC#N)(C(=O)O)c1cccc(C#N)c1. The molecule has 0 bridgehead atoms. The largest absolute Gasteiger partial charge is 0.481 e. The number of carboxylic acid groups (broad SMARTS) is 1. The third kappa shape index (κ3) is 2.02. The Morgan fingerprint density at radius 1 is 1.50 bits per heavy atom. The van der Waals surface area contributed by atoms with Gasteiger partial charge in [-0.1, -0.05) is 12.1 Å². The average Bonchev–Trinajstić information content (AvgIpc) is 2.29. The van der Waals surface area contributed by atoms with Crippen molar-refractivity contribution in [1.82, 2.24) is 0 Å². The monoisotopic (exact) mass is 214 g/mol. The Balaban J connectivity index is 3.28. The van der Waals surface area contributed by atoms with Crippen molar-refractivity contribution in [3.8, 4) is 12.1 Å². The van der Waals surface area contributed by atoms with Gasteiger partial charge in [0.05, 0.1) is 24.1 Å². The molecule has 0 aliphatic heterocycles. The summed E-state index contributed by atoms with van der Waals surface area (Å²) in [5.74, 6) is -1.07. The van der Waals surface area contributed by atoms with Crippen LogP contribution in [0.25, 0.3) is 0 Å². The van der Waals surface area contributed by atoms with Gasteiger partial charge in [-0.3, -0.25) is 4.79 Å². The molecule has 0 radical (unpaired) electrons. The molecule has 1 unspecified atom stereocenters. The summed E-state index contributed by atoms with van der Waals surface area (Å²) in [7, 11) is 0. The van der Waals surface area contributed by atoms with Crippen LogP contribution >= 0.6 is 0 Å². The van der Waals surface area contributed by atoms with E-state index in [-0.39, 0.29) is 6.42 Å². The summed E-state index contributed by atoms with van der Waals surface area (Å²) < 4.78 is 0. The summed E-state index contributed by atoms with van der Waals surface area (Å²) >= 11 is 0. The summed E-state index contributed by atoms with van der Waals surface area (Å²) in [6, 6.07) is 10.1. The minimum absolute atomic E-state index is 0.128. The van der Waals surface area contributed by atoms with Crippen molar-refractivity contribution in [3.05, 3.63) is 35.4 Å². The predicted octanol–water partition coefficient (Wildman–Crippen LogP) is 1.81. The first-order chi connectivity index (χ1) is 7.54. The maximum Gasteiger partial charge on any atom is 0.314 e. The van der Waals surface area contributed by atoms with Crippen LogP contribution in [0.2, 0.25) is 0 Å². The molecule has 1 rings (SSSR count). The number of carboxylic acids is 1. The van der Waals surface area contributed by atoms with Crippen LogP contribution in [0.1, 0.15) is 24.5 Å². The van der Waals surface area contributed by atoms with E-state index in [2.05, 4.69) is 0 Å². The standard InChI is InChI=1S/C12H10N2O2/c1-12(5-6-13,11(15)16)10-4-2-3-9(7-10)8-14/h2-4,7H,5H2,1H3,(H,15,16). The lowest BCUT2D eigenvalue weighted by Gasteiger charge is -2.22. The topological polar surface area (TPSA) is 84.9 Å². The molecule has 0 heterocycles. The minimum Gasteiger partial charge on any atom is -0.481 e. The number of nitrogens with zero attached hydrogens (tertiary/aromatic N) is 2. The van der Waals surface area contributed by atoms with Crippen molar-refractivity contribution in [2.45, 2.75) is 18.8 Å². The molecule has 80 valence electrons. The molecule has 0 saturated carbocycles. The van der Waals surface area contributed by atoms with Gasteiger partial charge in [-0.25, -0.2) is 0 Å². The fourth-order valence-corrected chi connectivity index (χ4v) is 1.39. The van der Waals surface area contributed by atoms with Gasteiger partial charge in [0.1, 0.15) is 5.41 Å². The molecule has 1 atom stereocenters. The van der Waals surface area contributed by atoms with E-state index in [0.717, 1.165) is 0 Å². The third-order valence-corrected chi connectivity index (χ3v) is 2.53. The maximum atomic E-state index is 11.2. The van der Waals surface area contributed by atoms with Gasteiger partial charge in [-0.2, -0.15) is 10.5 Å². The highest BCUT2D eigenvalue weighted by atomic mass is 16.4. The highest BCUT2D eigenvalue weighted by Crippen LogP contribution is 2.28. The van der Waals surface area contributed by atoms with Gasteiger partial charge in [0, 0.05) is 0 Å². The van der Waals surface area contributed by atoms with Gasteiger partial charge in [-0.05, 0) is 24.6 Å². The van der Waals surface area contributed by atoms with Crippen LogP contribution in [-0.4, -0.2) is 11.1 Å². The van der Waals surface area contributed by atoms with Crippen LogP contribution in [-0.2, 0) is 10.2 Å². The van der Waals surface area contributed by atoms with E-state index in [9.17, 15) is 4.79 Å². The first-order valence-electron chi connectivity index (χ1n) is 4.65. The summed E-state index contributed by atoms with van der Waals surface area (Å²) in [5, 5.41) is 26.5. The molecular weight excluding hydrogens is 204 g/mol. The van der Waals surface area contributed by atoms with E-state index < -0.39 is 11.4 Å². The molecule has 0 saturated heterocycles. The second-order valence-electron chi connectivity index (χ2n) is 3.66. The second kappa shape index (κ2) is 4.46. The minimum atomic E-state index is -1.26. The molecule has 1 N–H and O–H groups in total. The van der Waals surface area contributed by atoms with Crippen LogP contribution in [0.15, 0.2) is 24.3 Å². The second-order valence-corrected chi connectivity index (χ2v) is 3.66. The lowest BCUT2D eigenvalue weighted by Crippen LogP contribution is -2.32. The third-order valence-electron chi connectivity index (χ3n) is 2.53. The number of carbonyl (C=O) groups is 1. The van der Waals surface area contributed by atoms with Crippen molar-refractivity contribution in [2.75, 3.05) is 0 Å². The van der Waals surface area contributed by atoms with Gasteiger partial charge in [0.25, 0.3) is 0 Å². The Kier molecular flexibility index (Phi) is 3.27. The molecule has 1 aromatic carbocycles. The Morgan fingerprint density at radius 2 is 2.19 bits per heavy atom. The van der Waals surface area contributed by atoms with Crippen LogP contribution in [0.4, 0.5) is 0 Å². The van der Waals surface area contributed by atoms with Crippen molar-refractivity contribution < 1.29 is 9.90 Å². The molecule has 0 aromatic heterocycles. The fourth-order valence-electron chi connectivity index (χ4n) is 1.39. The molecule has 0 spiro atoms. The first kappa shape index (κ1) is 11.7. The lowest BCUT2D eigenvalue weighted by molar-refractivity contribution is -0.143. The quantitative estimate of drug-likeness (QED) is 0.831. The molecule has 16 heavy (non-hydrogen) atoms. The van der Waals surface area contributed by atoms with Gasteiger partial charge < -0.3 is 5.11 Å². The van der Waals surface area contributed by atoms with Gasteiger partial charge in [-0.15, -0.1) is 0 Å². The van der Waals surface area contributed by atoms with E-state index in [1.807, 2.05) is 12.1 Å². The van der Waals surface area contributed by atoms with Gasteiger partial charge >= 0.3 is 5.97 Å². The van der Waals surface area contributed by atoms with Crippen LogP contribution in [0, 0.1) is 22.7 Å². The van der Waals surface area contributed by atoms with Gasteiger partial charge in [0.15, 0.2) is 0 Å². The van der Waals surface area contributed by atoms with E-state index >= 15 is 0 Å². The molecule has 4 nitrogen and oxygen atoms in total. The van der Waals surface area contributed by atoms with Crippen LogP contribution < -0.4 is 0 Å². The highest BCUT2D eigenvalue weighted by molar-refractivity contribution is 5.81. The summed E-state index contributed by atoms with van der Waals surface area (Å²) in [6.07, 6.45) is -0.128. The van der Waals surface area contributed by atoms with Crippen molar-refractivity contribution in [1.29, 1.82) is 10.5 Å². The predicted molar refractivity (Wildman–Crippen MR) is 56.4 cm³/mol. The van der Waals surface area contributed by atoms with Crippen LogP contribution in [0.3, 0.4) is 0 Å². The Morgan fingerprint density at radius 3 is 2.69 bits per heavy atom. The van der Waals surface area contributed by atoms with Crippen molar-refractivity contribution in [3.63, 3.8) is 0 Å². The molecule has 4 heteroatoms. The zero-order chi connectivity index (χ0) is 12.2. The van der Waals surface area contributed by atoms with Gasteiger partial charge in [0.2, 0.25) is 0 Å². The molecule has 0 fully saturated rings. The van der Waals surface area contributed by atoms with E-state index in [4.69, 9.17) is 15.6 Å². The smallest absolute Gasteiger partial charge is 0.314 e. The zero-order valence-corrected chi connectivity index (χ0v) is 8.77. The maximum absolute atomic E-state index is 11.2. The zero-order valence-electron chi connectivity index (χ0n) is 8.77. The highest BCUT2D eigenvalue weighted by Gasteiger charge is 2.35. The normalized spacial score (nSPS) is 13.2. The molecule has 1 aromatic rings. The molecular formula is C12H10N2O2. The Labute approximate surface area is 93.4 Å². The molecule has 0 aliphatic carbocycles. The Hall–Kier alpha value is -2.33. The summed E-state index contributed by atoms with van der Waals surface area (Å²) in [4.78, 5) is 11.2. The Bertz CT molecular complexity index is 496. The van der Waals surface area contributed by atoms with E-state index in [1.54, 1.807) is 18.2 Å². The summed E-state index contributed by atoms with van der Waals surface area (Å²) in [6.45, 7) is 1.48. The van der Waals surface area contributed by atoms with Crippen molar-refractivity contribution >= 4 is 5.97 Å². The number of hydrogen-bond acceptors (Lipinski definition) is 3. The number of aliphatic carboxylic acids is 1. The molecule has 0 aliphatic rings. The number of hydrogen-bond donors (Lipinski definition) is 1. The number of benzene rings is 1. The van der Waals surface area contributed by atoms with E-state index in [0.29, 0.717) is 11.1 Å². The van der Waals surface area contributed by atoms with Crippen molar-refractivity contribution in [2.24, 2.45) is 0 Å². The summed E-state index contributed by atoms with van der Waals surface area (Å²) in [5.41, 5.74) is -0.398. The first-order valence-corrected chi connectivity index (χ1v) is 4.65. The van der Waals surface area contributed by atoms with E-state index in [1.165, 1.54) is 13.0 Å².